The van der Waals surface area contributed by atoms with Crippen LogP contribution in [0.4, 0.5) is 0 Å². The predicted molar refractivity (Wildman–Crippen MR) is 60.3 cm³/mol. The molecule has 0 radical (unpaired) electrons. The molecule has 0 unspecified atom stereocenters. The molecule has 3 heteroatoms. The van der Waals surface area contributed by atoms with Crippen molar-refractivity contribution in [2.24, 2.45) is 0 Å². The zero-order valence-electron chi connectivity index (χ0n) is 8.03. The number of hydrogen-bond donors (Lipinski definition) is 1. The fourth-order valence-electron chi connectivity index (χ4n) is 1.40. The van der Waals surface area contributed by atoms with Gasteiger partial charge in [-0.15, -0.1) is 11.3 Å². The van der Waals surface area contributed by atoms with Gasteiger partial charge in [-0.2, -0.15) is 0 Å². The molecular formula is C11H12N2S. The Morgan fingerprint density at radius 1 is 1.36 bits per heavy atom. The quantitative estimate of drug-likeness (QED) is 0.831. The molecule has 0 saturated heterocycles. The zero-order valence-corrected chi connectivity index (χ0v) is 8.84. The van der Waals surface area contributed by atoms with Crippen LogP contribution in [0.15, 0.2) is 35.8 Å². The highest BCUT2D eigenvalue weighted by molar-refractivity contribution is 7.13. The summed E-state index contributed by atoms with van der Waals surface area (Å²) < 4.78 is 0. The Bertz CT molecular complexity index is 395. The normalized spacial score (nSPS) is 10.4. The van der Waals surface area contributed by atoms with E-state index in [4.69, 9.17) is 0 Å². The van der Waals surface area contributed by atoms with Gasteiger partial charge in [-0.3, -0.25) is 4.98 Å². The van der Waals surface area contributed by atoms with Crippen LogP contribution in [0, 0.1) is 0 Å². The first-order valence-corrected chi connectivity index (χ1v) is 5.42. The Labute approximate surface area is 87.6 Å². The van der Waals surface area contributed by atoms with E-state index < -0.39 is 0 Å². The summed E-state index contributed by atoms with van der Waals surface area (Å²) in [5, 5.41) is 5.22. The third-order valence-electron chi connectivity index (χ3n) is 2.02. The van der Waals surface area contributed by atoms with E-state index in [1.54, 1.807) is 11.3 Å². The number of hydrogen-bond acceptors (Lipinski definition) is 3. The van der Waals surface area contributed by atoms with Crippen LogP contribution in [0.2, 0.25) is 0 Å². The second-order valence-corrected chi connectivity index (χ2v) is 3.95. The fraction of sp³-hybridized carbons (Fsp3) is 0.182. The van der Waals surface area contributed by atoms with E-state index in [2.05, 4.69) is 33.9 Å². The van der Waals surface area contributed by atoms with Crippen LogP contribution in [0.1, 0.15) is 5.69 Å². The van der Waals surface area contributed by atoms with Gasteiger partial charge in [0.05, 0.1) is 5.69 Å². The van der Waals surface area contributed by atoms with Crippen LogP contribution in [0.5, 0.6) is 0 Å². The molecule has 2 aromatic rings. The van der Waals surface area contributed by atoms with Gasteiger partial charge < -0.3 is 5.32 Å². The van der Waals surface area contributed by atoms with E-state index in [0.29, 0.717) is 0 Å². The van der Waals surface area contributed by atoms with Crippen molar-refractivity contribution in [2.75, 3.05) is 7.05 Å². The van der Waals surface area contributed by atoms with Gasteiger partial charge in [-0.05, 0) is 24.6 Å². The largest absolute Gasteiger partial charge is 0.314 e. The van der Waals surface area contributed by atoms with E-state index in [1.165, 1.54) is 10.4 Å². The molecule has 0 aromatic carbocycles. The topological polar surface area (TPSA) is 24.9 Å². The summed E-state index contributed by atoms with van der Waals surface area (Å²) in [5.41, 5.74) is 2.34. The maximum absolute atomic E-state index is 4.37. The summed E-state index contributed by atoms with van der Waals surface area (Å²) in [7, 11) is 1.94. The van der Waals surface area contributed by atoms with Gasteiger partial charge in [-0.25, -0.2) is 0 Å². The van der Waals surface area contributed by atoms with Crippen LogP contribution >= 0.6 is 11.3 Å². The van der Waals surface area contributed by atoms with Gasteiger partial charge in [0, 0.05) is 23.2 Å². The molecule has 0 fully saturated rings. The van der Waals surface area contributed by atoms with E-state index in [1.807, 2.05) is 19.3 Å². The Morgan fingerprint density at radius 2 is 2.29 bits per heavy atom. The summed E-state index contributed by atoms with van der Waals surface area (Å²) in [6.07, 6.45) is 1.84. The molecule has 2 aromatic heterocycles. The van der Waals surface area contributed by atoms with Gasteiger partial charge in [-0.1, -0.05) is 12.1 Å². The molecule has 2 heterocycles. The highest BCUT2D eigenvalue weighted by Crippen LogP contribution is 2.26. The Hall–Kier alpha value is -1.19. The van der Waals surface area contributed by atoms with E-state index >= 15 is 0 Å². The molecule has 0 bridgehead atoms. The maximum atomic E-state index is 4.37. The molecule has 0 atom stereocenters. The van der Waals surface area contributed by atoms with Crippen molar-refractivity contribution in [2.45, 2.75) is 6.54 Å². The number of aromatic nitrogens is 1. The first-order chi connectivity index (χ1) is 6.92. The Morgan fingerprint density at radius 3 is 3.00 bits per heavy atom. The molecular weight excluding hydrogens is 192 g/mol. The minimum Gasteiger partial charge on any atom is -0.314 e. The predicted octanol–water partition coefficient (Wildman–Crippen LogP) is 2.53. The summed E-state index contributed by atoms with van der Waals surface area (Å²) in [6.45, 7) is 0.814. The highest BCUT2D eigenvalue weighted by atomic mass is 32.1. The van der Waals surface area contributed by atoms with Crippen molar-refractivity contribution in [3.8, 4) is 10.4 Å². The molecule has 14 heavy (non-hydrogen) atoms. The zero-order chi connectivity index (χ0) is 9.80. The maximum Gasteiger partial charge on any atom is 0.0627 e. The molecule has 72 valence electrons. The number of pyridine rings is 1. The Balaban J connectivity index is 2.42. The van der Waals surface area contributed by atoms with Crippen molar-refractivity contribution in [3.05, 3.63) is 41.5 Å². The smallest absolute Gasteiger partial charge is 0.0627 e. The Kier molecular flexibility index (Phi) is 2.91. The highest BCUT2D eigenvalue weighted by Gasteiger charge is 2.04. The lowest BCUT2D eigenvalue weighted by Gasteiger charge is -2.05. The average molecular weight is 204 g/mol. The van der Waals surface area contributed by atoms with E-state index in [9.17, 15) is 0 Å². The van der Waals surface area contributed by atoms with Crippen molar-refractivity contribution < 1.29 is 0 Å². The number of nitrogens with one attached hydrogen (secondary N) is 1. The summed E-state index contributed by atoms with van der Waals surface area (Å²) >= 11 is 1.75. The van der Waals surface area contributed by atoms with E-state index in [-0.39, 0.29) is 0 Å². The van der Waals surface area contributed by atoms with Gasteiger partial charge in [0.25, 0.3) is 0 Å². The molecule has 0 aliphatic carbocycles. The van der Waals surface area contributed by atoms with Crippen LogP contribution in [-0.4, -0.2) is 12.0 Å². The monoisotopic (exact) mass is 204 g/mol. The van der Waals surface area contributed by atoms with Crippen molar-refractivity contribution in [3.63, 3.8) is 0 Å². The molecule has 0 aliphatic heterocycles. The summed E-state index contributed by atoms with van der Waals surface area (Å²) in [4.78, 5) is 5.65. The van der Waals surface area contributed by atoms with Crippen molar-refractivity contribution in [1.82, 2.24) is 10.3 Å². The SMILES string of the molecule is CNCc1ncccc1-c1cccs1. The molecule has 2 nitrogen and oxygen atoms in total. The third kappa shape index (κ3) is 1.84. The van der Waals surface area contributed by atoms with Gasteiger partial charge in [0.1, 0.15) is 0 Å². The standard InChI is InChI=1S/C11H12N2S/c1-12-8-10-9(4-2-6-13-10)11-5-3-7-14-11/h2-7,12H,8H2,1H3. The number of nitrogens with zero attached hydrogens (tertiary/aromatic N) is 1. The molecule has 1 N–H and O–H groups in total. The summed E-state index contributed by atoms with van der Waals surface area (Å²) in [5.74, 6) is 0. The summed E-state index contributed by atoms with van der Waals surface area (Å²) in [6, 6.07) is 8.29. The van der Waals surface area contributed by atoms with E-state index in [0.717, 1.165) is 12.2 Å². The lowest BCUT2D eigenvalue weighted by Crippen LogP contribution is -2.07. The van der Waals surface area contributed by atoms with Crippen LogP contribution < -0.4 is 5.32 Å². The van der Waals surface area contributed by atoms with Crippen molar-refractivity contribution >= 4 is 11.3 Å². The third-order valence-corrected chi connectivity index (χ3v) is 2.92. The van der Waals surface area contributed by atoms with Crippen LogP contribution in [0.3, 0.4) is 0 Å². The number of thiophene rings is 1. The second kappa shape index (κ2) is 4.35. The first-order valence-electron chi connectivity index (χ1n) is 4.54. The number of rotatable bonds is 3. The molecule has 0 aliphatic rings. The average Bonchev–Trinajstić information content (AvgIpc) is 2.72. The lowest BCUT2D eigenvalue weighted by atomic mass is 10.1. The molecule has 0 saturated carbocycles. The lowest BCUT2D eigenvalue weighted by molar-refractivity contribution is 0.793. The first kappa shape index (κ1) is 9.37. The van der Waals surface area contributed by atoms with Gasteiger partial charge in [0.2, 0.25) is 0 Å². The fourth-order valence-corrected chi connectivity index (χ4v) is 2.18. The minimum absolute atomic E-state index is 0.814. The molecule has 0 amide bonds. The molecule has 0 spiro atoms. The van der Waals surface area contributed by atoms with Crippen molar-refractivity contribution in [1.29, 1.82) is 0 Å². The van der Waals surface area contributed by atoms with Crippen LogP contribution in [-0.2, 0) is 6.54 Å². The van der Waals surface area contributed by atoms with Crippen LogP contribution in [0.25, 0.3) is 10.4 Å². The second-order valence-electron chi connectivity index (χ2n) is 3.01. The van der Waals surface area contributed by atoms with Gasteiger partial charge in [0.15, 0.2) is 0 Å². The minimum atomic E-state index is 0.814. The van der Waals surface area contributed by atoms with Gasteiger partial charge >= 0.3 is 0 Å². The molecule has 2 rings (SSSR count).